The number of aliphatic hydroxyl groups excluding tert-OH is 1. The molecule has 0 aliphatic rings. The molecule has 0 amide bonds. The summed E-state index contributed by atoms with van der Waals surface area (Å²) in [6, 6.07) is 0. The minimum Gasteiger partial charge on any atom is -0.397 e. The van der Waals surface area contributed by atoms with Crippen molar-refractivity contribution in [1.29, 1.82) is 0 Å². The number of hydrogen-bond donors (Lipinski definition) is 1. The Morgan fingerprint density at radius 3 is 1.29 bits per heavy atom. The molecule has 0 unspecified atom stereocenters. The average molecular weight is 326 g/mol. The molecule has 0 spiro atoms. The Bertz CT molecular complexity index is 190. The van der Waals surface area contributed by atoms with Crippen LogP contribution in [0.25, 0.3) is 0 Å². The van der Waals surface area contributed by atoms with Gasteiger partial charge in [0.25, 0.3) is 0 Å². The maximum Gasteiger partial charge on any atom is 0.529 e. The molecule has 0 aromatic heterocycles. The van der Waals surface area contributed by atoms with Gasteiger partial charge in [-0.1, -0.05) is 6.58 Å². The second kappa shape index (κ2) is 17.7. The highest BCUT2D eigenvalue weighted by Gasteiger charge is 2.37. The number of aliphatic hydroxyl groups is 1. The topological polar surface area (TPSA) is 75.6 Å². The third-order valence-electron chi connectivity index (χ3n) is 2.02. The summed E-state index contributed by atoms with van der Waals surface area (Å²) in [7, 11) is 1.97. The molecule has 1 N–H and O–H groups in total. The molecule has 0 atom stereocenters. The Morgan fingerprint density at radius 2 is 1.10 bits per heavy atom. The van der Waals surface area contributed by atoms with E-state index in [1.165, 1.54) is 0 Å². The summed E-state index contributed by atoms with van der Waals surface area (Å²) in [5.41, 5.74) is 1.61. The molecular weight excluding hydrogens is 296 g/mol. The lowest BCUT2D eigenvalue weighted by atomic mass is 10.8. The van der Waals surface area contributed by atoms with Crippen LogP contribution in [0.1, 0.15) is 6.92 Å². The number of rotatable bonds is 13. The monoisotopic (exact) mass is 326 g/mol. The lowest BCUT2D eigenvalue weighted by Gasteiger charge is -2.26. The Hall–Kier alpha value is -0.323. The summed E-state index contributed by atoms with van der Waals surface area (Å²) in [5, 5.41) is 7.57. The molecule has 0 saturated heterocycles. The van der Waals surface area contributed by atoms with Crippen molar-refractivity contribution >= 4 is 8.80 Å². The molecule has 8 heteroatoms. The minimum absolute atomic E-state index is 0.250. The molecule has 7 nitrogen and oxygen atoms in total. The van der Waals surface area contributed by atoms with Crippen LogP contribution in [-0.4, -0.2) is 81.5 Å². The average Bonchev–Trinajstić information content (AvgIpc) is 2.48. The van der Waals surface area contributed by atoms with E-state index in [0.29, 0.717) is 39.6 Å². The molecule has 0 heterocycles. The third-order valence-corrected chi connectivity index (χ3v) is 4.34. The lowest BCUT2D eigenvalue weighted by molar-refractivity contribution is 0.0232. The first-order chi connectivity index (χ1) is 10.2. The predicted molar refractivity (Wildman–Crippen MR) is 82.2 cm³/mol. The second-order valence-corrected chi connectivity index (χ2v) is 6.13. The summed E-state index contributed by atoms with van der Waals surface area (Å²) >= 11 is 0. The van der Waals surface area contributed by atoms with Crippen LogP contribution in [0.2, 0.25) is 0 Å². The molecule has 21 heavy (non-hydrogen) atoms. The van der Waals surface area contributed by atoms with Gasteiger partial charge < -0.3 is 32.6 Å². The quantitative estimate of drug-likeness (QED) is 0.393. The van der Waals surface area contributed by atoms with Gasteiger partial charge in [-0.25, -0.2) is 0 Å². The Balaban J connectivity index is 0. The van der Waals surface area contributed by atoms with Gasteiger partial charge in [0.1, 0.15) is 0 Å². The lowest BCUT2D eigenvalue weighted by Crippen LogP contribution is -2.46. The van der Waals surface area contributed by atoms with E-state index >= 15 is 0 Å². The molecular formula is C13H30O7Si. The van der Waals surface area contributed by atoms with Crippen molar-refractivity contribution in [2.45, 2.75) is 6.92 Å². The van der Waals surface area contributed by atoms with Gasteiger partial charge in [-0.05, 0) is 12.6 Å². The van der Waals surface area contributed by atoms with Crippen LogP contribution < -0.4 is 0 Å². The van der Waals surface area contributed by atoms with E-state index in [1.54, 1.807) is 34.0 Å². The smallest absolute Gasteiger partial charge is 0.397 e. The van der Waals surface area contributed by atoms with Crippen LogP contribution in [0.15, 0.2) is 12.3 Å². The van der Waals surface area contributed by atoms with E-state index in [9.17, 15) is 0 Å². The normalized spacial score (nSPS) is 10.9. The van der Waals surface area contributed by atoms with Crippen molar-refractivity contribution < 1.29 is 32.6 Å². The number of ether oxygens (including phenoxy) is 3. The van der Waals surface area contributed by atoms with E-state index in [4.69, 9.17) is 32.6 Å². The van der Waals surface area contributed by atoms with E-state index < -0.39 is 8.80 Å². The predicted octanol–water partition coefficient (Wildman–Crippen LogP) is 0.638. The fraction of sp³-hybridized carbons (Fsp3) is 0.846. The summed E-state index contributed by atoms with van der Waals surface area (Å²) in [5.74, 6) is 0. The largest absolute Gasteiger partial charge is 0.529 e. The fourth-order valence-electron chi connectivity index (χ4n) is 1.10. The molecule has 0 fully saturated rings. The van der Waals surface area contributed by atoms with Gasteiger partial charge >= 0.3 is 8.80 Å². The molecule has 0 rings (SSSR count). The molecule has 0 aromatic carbocycles. The highest BCUT2D eigenvalue weighted by atomic mass is 28.4. The molecule has 0 aliphatic heterocycles. The van der Waals surface area contributed by atoms with Crippen LogP contribution in [0, 0.1) is 0 Å². The minimum atomic E-state index is -2.86. The summed E-state index contributed by atoms with van der Waals surface area (Å²) in [6.07, 6.45) is 0. The number of methoxy groups -OCH3 is 3. The Morgan fingerprint density at radius 1 is 0.810 bits per heavy atom. The van der Waals surface area contributed by atoms with Gasteiger partial charge in [0.2, 0.25) is 0 Å². The maximum absolute atomic E-state index is 7.57. The van der Waals surface area contributed by atoms with E-state index in [2.05, 4.69) is 6.58 Å². The highest BCUT2D eigenvalue weighted by molar-refractivity contribution is 6.66. The van der Waals surface area contributed by atoms with E-state index in [1.807, 2.05) is 0 Å². The van der Waals surface area contributed by atoms with Crippen molar-refractivity contribution in [1.82, 2.24) is 0 Å². The number of hydrogen-bond acceptors (Lipinski definition) is 7. The molecule has 128 valence electrons. The summed E-state index contributed by atoms with van der Waals surface area (Å²) in [6.45, 7) is 8.28. The van der Waals surface area contributed by atoms with Crippen molar-refractivity contribution in [3.05, 3.63) is 12.3 Å². The zero-order chi connectivity index (χ0) is 16.4. The van der Waals surface area contributed by atoms with E-state index in [-0.39, 0.29) is 6.61 Å². The second-order valence-electron chi connectivity index (χ2n) is 3.65. The molecule has 0 bridgehead atoms. The van der Waals surface area contributed by atoms with Crippen LogP contribution >= 0.6 is 0 Å². The molecule has 0 radical (unpaired) electrons. The Labute approximate surface area is 129 Å². The molecule has 0 saturated carbocycles. The maximum atomic E-state index is 7.57. The zero-order valence-corrected chi connectivity index (χ0v) is 14.6. The Kier molecular flexibility index (Phi) is 19.4. The first kappa shape index (κ1) is 23.0. The van der Waals surface area contributed by atoms with Crippen molar-refractivity contribution in [3.63, 3.8) is 0 Å². The fourth-order valence-corrected chi connectivity index (χ4v) is 2.81. The van der Waals surface area contributed by atoms with E-state index in [0.717, 1.165) is 0 Å². The first-order valence-corrected chi connectivity index (χ1v) is 8.59. The van der Waals surface area contributed by atoms with Gasteiger partial charge in [0.05, 0.1) is 39.6 Å². The first-order valence-electron chi connectivity index (χ1n) is 6.79. The van der Waals surface area contributed by atoms with Gasteiger partial charge in [0.15, 0.2) is 0 Å². The van der Waals surface area contributed by atoms with Crippen LogP contribution in [0.3, 0.4) is 0 Å². The zero-order valence-electron chi connectivity index (χ0n) is 13.6. The SMILES string of the molecule is C=C[Si](OCCOC)(OCCOC)OCCOC.CCO. The van der Waals surface area contributed by atoms with Crippen molar-refractivity contribution in [2.24, 2.45) is 0 Å². The van der Waals surface area contributed by atoms with Crippen LogP contribution in [0.4, 0.5) is 0 Å². The van der Waals surface area contributed by atoms with Gasteiger partial charge in [0, 0.05) is 27.9 Å². The van der Waals surface area contributed by atoms with Gasteiger partial charge in [-0.15, -0.1) is 0 Å². The molecule has 0 aliphatic carbocycles. The standard InChI is InChI=1S/C11H24O6Si.C2H6O/c1-5-18(15-9-6-12-2,16-10-7-13-3)17-11-8-14-4;1-2-3/h5H,1,6-11H2,2-4H3;3H,2H2,1H3. The van der Waals surface area contributed by atoms with Crippen molar-refractivity contribution in [3.8, 4) is 0 Å². The van der Waals surface area contributed by atoms with Gasteiger partial charge in [-0.3, -0.25) is 0 Å². The third kappa shape index (κ3) is 14.4. The highest BCUT2D eigenvalue weighted by Crippen LogP contribution is 2.11. The van der Waals surface area contributed by atoms with Crippen molar-refractivity contribution in [2.75, 3.05) is 67.6 Å². The summed E-state index contributed by atoms with van der Waals surface area (Å²) < 4.78 is 31.8. The summed E-state index contributed by atoms with van der Waals surface area (Å²) in [4.78, 5) is 0. The van der Waals surface area contributed by atoms with Gasteiger partial charge in [-0.2, -0.15) is 0 Å². The molecule has 0 aromatic rings. The van der Waals surface area contributed by atoms with Crippen LogP contribution in [-0.2, 0) is 27.5 Å². The van der Waals surface area contributed by atoms with Crippen LogP contribution in [0.5, 0.6) is 0 Å².